The fourth-order valence-electron chi connectivity index (χ4n) is 3.87. The molecule has 24 heavy (non-hydrogen) atoms. The Morgan fingerprint density at radius 1 is 1.08 bits per heavy atom. The Morgan fingerprint density at radius 3 is 2.46 bits per heavy atom. The van der Waals surface area contributed by atoms with Crippen LogP contribution in [0, 0.1) is 0 Å². The van der Waals surface area contributed by atoms with E-state index < -0.39 is 10.2 Å². The molecule has 0 spiro atoms. The number of amides is 1. The molecule has 3 heterocycles. The third-order valence-electron chi connectivity index (χ3n) is 4.96. The zero-order valence-corrected chi connectivity index (χ0v) is 15.3. The molecule has 0 aromatic rings. The van der Waals surface area contributed by atoms with Crippen molar-refractivity contribution in [3.8, 4) is 0 Å². The van der Waals surface area contributed by atoms with Gasteiger partial charge in [-0.05, 0) is 26.7 Å². The monoisotopic (exact) mass is 360 g/mol. The van der Waals surface area contributed by atoms with Gasteiger partial charge in [0.2, 0.25) is 5.91 Å². The van der Waals surface area contributed by atoms with E-state index in [2.05, 4.69) is 5.32 Å². The molecule has 0 radical (unpaired) electrons. The highest BCUT2D eigenvalue weighted by Gasteiger charge is 2.39. The van der Waals surface area contributed by atoms with Crippen molar-refractivity contribution in [2.75, 3.05) is 45.8 Å². The van der Waals surface area contributed by atoms with E-state index in [1.165, 1.54) is 4.31 Å². The fourth-order valence-corrected chi connectivity index (χ4v) is 5.72. The molecule has 8 nitrogen and oxygen atoms in total. The SMILES string of the molecule is CC1CN(S(=O)(=O)N2CCCC(N3CCNCC3=O)C2)CC(C)O1. The van der Waals surface area contributed by atoms with Crippen molar-refractivity contribution >= 4 is 16.1 Å². The number of piperazine rings is 1. The lowest BCUT2D eigenvalue weighted by molar-refractivity contribution is -0.135. The van der Waals surface area contributed by atoms with Gasteiger partial charge in [-0.15, -0.1) is 0 Å². The summed E-state index contributed by atoms with van der Waals surface area (Å²) in [6.07, 6.45) is 1.46. The molecule has 3 atom stereocenters. The van der Waals surface area contributed by atoms with Crippen molar-refractivity contribution in [3.05, 3.63) is 0 Å². The summed E-state index contributed by atoms with van der Waals surface area (Å²) < 4.78 is 34.8. The van der Waals surface area contributed by atoms with E-state index in [9.17, 15) is 13.2 Å². The van der Waals surface area contributed by atoms with Crippen LogP contribution in [-0.2, 0) is 19.7 Å². The number of nitrogens with one attached hydrogen (secondary N) is 1. The quantitative estimate of drug-likeness (QED) is 0.715. The summed E-state index contributed by atoms with van der Waals surface area (Å²) in [6.45, 7) is 7.28. The highest BCUT2D eigenvalue weighted by molar-refractivity contribution is 7.86. The summed E-state index contributed by atoms with van der Waals surface area (Å²) in [5.41, 5.74) is 0. The fraction of sp³-hybridized carbons (Fsp3) is 0.933. The first-order valence-corrected chi connectivity index (χ1v) is 10.2. The molecule has 3 saturated heterocycles. The molecule has 0 bridgehead atoms. The predicted molar refractivity (Wildman–Crippen MR) is 89.7 cm³/mol. The first-order valence-electron chi connectivity index (χ1n) is 8.79. The number of rotatable bonds is 3. The van der Waals surface area contributed by atoms with Gasteiger partial charge in [0, 0.05) is 45.3 Å². The normalized spacial score (nSPS) is 34.5. The smallest absolute Gasteiger partial charge is 0.282 e. The molecule has 1 amide bonds. The van der Waals surface area contributed by atoms with Gasteiger partial charge >= 0.3 is 0 Å². The highest BCUT2D eigenvalue weighted by atomic mass is 32.2. The molecule has 0 saturated carbocycles. The number of nitrogens with zero attached hydrogens (tertiary/aromatic N) is 3. The Labute approximate surface area is 144 Å². The molecule has 3 aliphatic rings. The van der Waals surface area contributed by atoms with Gasteiger partial charge in [0.05, 0.1) is 18.8 Å². The minimum atomic E-state index is -3.51. The van der Waals surface area contributed by atoms with Gasteiger partial charge in [0.1, 0.15) is 0 Å². The third kappa shape index (κ3) is 3.75. The van der Waals surface area contributed by atoms with Crippen LogP contribution < -0.4 is 5.32 Å². The Morgan fingerprint density at radius 2 is 1.79 bits per heavy atom. The maximum absolute atomic E-state index is 13.0. The lowest BCUT2D eigenvalue weighted by Crippen LogP contribution is -2.60. The number of morpholine rings is 1. The standard InChI is InChI=1S/C15H28N4O4S/c1-12-9-18(10-13(2)23-12)24(21,22)17-6-3-4-14(11-17)19-7-5-16-8-15(19)20/h12-14,16H,3-11H2,1-2H3. The molecule has 138 valence electrons. The van der Waals surface area contributed by atoms with Crippen LogP contribution in [0.15, 0.2) is 0 Å². The average molecular weight is 360 g/mol. The van der Waals surface area contributed by atoms with Gasteiger partial charge in [0.25, 0.3) is 10.2 Å². The summed E-state index contributed by atoms with van der Waals surface area (Å²) in [7, 11) is -3.51. The van der Waals surface area contributed by atoms with E-state index in [0.717, 1.165) is 19.4 Å². The van der Waals surface area contributed by atoms with Crippen molar-refractivity contribution in [1.82, 2.24) is 18.8 Å². The minimum Gasteiger partial charge on any atom is -0.373 e. The van der Waals surface area contributed by atoms with Gasteiger partial charge in [0.15, 0.2) is 0 Å². The molecule has 3 unspecified atom stereocenters. The summed E-state index contributed by atoms with van der Waals surface area (Å²) in [5.74, 6) is 0.0686. The number of piperidine rings is 1. The summed E-state index contributed by atoms with van der Waals surface area (Å²) in [4.78, 5) is 14.0. The van der Waals surface area contributed by atoms with Crippen molar-refractivity contribution in [2.45, 2.75) is 44.9 Å². The van der Waals surface area contributed by atoms with E-state index in [-0.39, 0.29) is 24.2 Å². The third-order valence-corrected chi connectivity index (χ3v) is 6.90. The molecular formula is C15H28N4O4S. The zero-order chi connectivity index (χ0) is 17.3. The zero-order valence-electron chi connectivity index (χ0n) is 14.5. The molecule has 0 aromatic heterocycles. The lowest BCUT2D eigenvalue weighted by atomic mass is 10.1. The molecule has 3 aliphatic heterocycles. The van der Waals surface area contributed by atoms with E-state index in [4.69, 9.17) is 4.74 Å². The second-order valence-corrected chi connectivity index (χ2v) is 8.93. The second-order valence-electron chi connectivity index (χ2n) is 7.00. The van der Waals surface area contributed by atoms with Crippen LogP contribution in [0.3, 0.4) is 0 Å². The van der Waals surface area contributed by atoms with Crippen molar-refractivity contribution < 1.29 is 17.9 Å². The number of ether oxygens (including phenoxy) is 1. The Kier molecular flexibility index (Phi) is 5.45. The van der Waals surface area contributed by atoms with Crippen LogP contribution in [0.2, 0.25) is 0 Å². The summed E-state index contributed by atoms with van der Waals surface area (Å²) >= 11 is 0. The maximum atomic E-state index is 13.0. The Hall–Kier alpha value is -0.740. The number of hydrogen-bond acceptors (Lipinski definition) is 5. The number of carbonyl (C=O) groups is 1. The van der Waals surface area contributed by atoms with Crippen molar-refractivity contribution in [2.24, 2.45) is 0 Å². The highest BCUT2D eigenvalue weighted by Crippen LogP contribution is 2.23. The predicted octanol–water partition coefficient (Wildman–Crippen LogP) is -0.763. The van der Waals surface area contributed by atoms with E-state index in [1.807, 2.05) is 18.7 Å². The Bertz CT molecular complexity index is 560. The average Bonchev–Trinajstić information content (AvgIpc) is 2.54. The summed E-state index contributed by atoms with van der Waals surface area (Å²) in [6, 6.07) is -0.0148. The van der Waals surface area contributed by atoms with Crippen molar-refractivity contribution in [1.29, 1.82) is 0 Å². The molecule has 9 heteroatoms. The van der Waals surface area contributed by atoms with Gasteiger partial charge < -0.3 is 15.0 Å². The molecule has 0 aromatic carbocycles. The number of hydrogen-bond donors (Lipinski definition) is 1. The van der Waals surface area contributed by atoms with Gasteiger partial charge in [-0.3, -0.25) is 4.79 Å². The van der Waals surface area contributed by atoms with Crippen LogP contribution in [0.1, 0.15) is 26.7 Å². The van der Waals surface area contributed by atoms with Crippen LogP contribution in [0.25, 0.3) is 0 Å². The number of carbonyl (C=O) groups excluding carboxylic acids is 1. The molecular weight excluding hydrogens is 332 g/mol. The van der Waals surface area contributed by atoms with Crippen LogP contribution in [0.4, 0.5) is 0 Å². The van der Waals surface area contributed by atoms with Crippen molar-refractivity contribution in [3.63, 3.8) is 0 Å². The van der Waals surface area contributed by atoms with Crippen LogP contribution in [0.5, 0.6) is 0 Å². The van der Waals surface area contributed by atoms with Crippen LogP contribution in [-0.4, -0.2) is 91.9 Å². The van der Waals surface area contributed by atoms with Gasteiger partial charge in [-0.2, -0.15) is 17.0 Å². The lowest BCUT2D eigenvalue weighted by Gasteiger charge is -2.43. The van der Waals surface area contributed by atoms with Gasteiger partial charge in [-0.1, -0.05) is 0 Å². The van der Waals surface area contributed by atoms with E-state index >= 15 is 0 Å². The second kappa shape index (κ2) is 7.25. The summed E-state index contributed by atoms with van der Waals surface area (Å²) in [5, 5.41) is 3.06. The molecule has 0 aliphatic carbocycles. The first kappa shape index (κ1) is 18.1. The maximum Gasteiger partial charge on any atom is 0.282 e. The molecule has 1 N–H and O–H groups in total. The van der Waals surface area contributed by atoms with Crippen LogP contribution >= 0.6 is 0 Å². The topological polar surface area (TPSA) is 82.2 Å². The molecule has 3 fully saturated rings. The van der Waals surface area contributed by atoms with Gasteiger partial charge in [-0.25, -0.2) is 0 Å². The minimum absolute atomic E-state index is 0.0148. The van der Waals surface area contributed by atoms with E-state index in [1.54, 1.807) is 4.31 Å². The Balaban J connectivity index is 1.70. The molecule has 3 rings (SSSR count). The first-order chi connectivity index (χ1) is 11.4. The van der Waals surface area contributed by atoms with E-state index in [0.29, 0.717) is 39.3 Å². The largest absolute Gasteiger partial charge is 0.373 e.